The van der Waals surface area contributed by atoms with Crippen molar-refractivity contribution in [3.05, 3.63) is 29.8 Å². The Morgan fingerprint density at radius 3 is 2.17 bits per heavy atom. The van der Waals surface area contributed by atoms with E-state index in [-0.39, 0.29) is 5.91 Å². The summed E-state index contributed by atoms with van der Waals surface area (Å²) in [5, 5.41) is 6.57. The van der Waals surface area contributed by atoms with Crippen molar-refractivity contribution in [1.82, 2.24) is 14.7 Å². The van der Waals surface area contributed by atoms with Crippen molar-refractivity contribution >= 4 is 17.3 Å². The molecule has 156 valence electrons. The highest BCUT2D eigenvalue weighted by Gasteiger charge is 2.41. The molecule has 6 heteroatoms. The molecule has 4 heterocycles. The van der Waals surface area contributed by atoms with Crippen LogP contribution in [0.15, 0.2) is 29.4 Å². The van der Waals surface area contributed by atoms with Gasteiger partial charge >= 0.3 is 0 Å². The van der Waals surface area contributed by atoms with Crippen LogP contribution in [0.5, 0.6) is 0 Å². The highest BCUT2D eigenvalue weighted by Crippen LogP contribution is 2.36. The van der Waals surface area contributed by atoms with Gasteiger partial charge in [0, 0.05) is 68.5 Å². The zero-order valence-electron chi connectivity index (χ0n) is 17.8. The lowest BCUT2D eigenvalue weighted by molar-refractivity contribution is 0.0343. The molecule has 0 saturated carbocycles. The highest BCUT2D eigenvalue weighted by atomic mass is 16.2. The average Bonchev–Trinajstić information content (AvgIpc) is 3.25. The highest BCUT2D eigenvalue weighted by molar-refractivity contribution is 5.94. The van der Waals surface area contributed by atoms with E-state index in [9.17, 15) is 4.79 Å². The first-order chi connectivity index (χ1) is 14.1. The fourth-order valence-electron chi connectivity index (χ4n) is 5.69. The molecule has 29 heavy (non-hydrogen) atoms. The maximum atomic E-state index is 13.0. The molecule has 2 atom stereocenters. The van der Waals surface area contributed by atoms with Gasteiger partial charge in [0.1, 0.15) is 0 Å². The molecule has 0 spiro atoms. The summed E-state index contributed by atoms with van der Waals surface area (Å²) in [4.78, 5) is 20.3. The van der Waals surface area contributed by atoms with Crippen LogP contribution in [-0.2, 0) is 0 Å². The van der Waals surface area contributed by atoms with E-state index in [1.165, 1.54) is 31.4 Å². The number of hydrogen-bond donors (Lipinski definition) is 0. The predicted octanol–water partition coefficient (Wildman–Crippen LogP) is 2.66. The Balaban J connectivity index is 1.16. The van der Waals surface area contributed by atoms with E-state index in [1.807, 2.05) is 34.2 Å². The molecule has 1 aromatic rings. The number of piperidine rings is 1. The van der Waals surface area contributed by atoms with Gasteiger partial charge in [-0.1, -0.05) is 0 Å². The number of fused-ring (bicyclic) bond motifs is 2. The van der Waals surface area contributed by atoms with Crippen LogP contribution in [0.1, 0.15) is 49.4 Å². The molecule has 0 aliphatic carbocycles. The van der Waals surface area contributed by atoms with Gasteiger partial charge in [0.15, 0.2) is 0 Å². The maximum Gasteiger partial charge on any atom is 0.253 e. The Hall–Kier alpha value is -1.92. The van der Waals surface area contributed by atoms with Crippen molar-refractivity contribution in [3.8, 4) is 0 Å². The van der Waals surface area contributed by atoms with Gasteiger partial charge in [-0.15, -0.1) is 0 Å². The van der Waals surface area contributed by atoms with Crippen molar-refractivity contribution in [3.63, 3.8) is 0 Å². The minimum Gasteiger partial charge on any atom is -0.336 e. The summed E-state index contributed by atoms with van der Waals surface area (Å²) < 4.78 is 0. The number of hydrogen-bond acceptors (Lipinski definition) is 5. The topological polar surface area (TPSA) is 42.4 Å². The quantitative estimate of drug-likeness (QED) is 0.789. The lowest BCUT2D eigenvalue weighted by Gasteiger charge is -2.45. The first kappa shape index (κ1) is 19.1. The van der Waals surface area contributed by atoms with Crippen LogP contribution in [0.2, 0.25) is 0 Å². The second kappa shape index (κ2) is 7.73. The minimum absolute atomic E-state index is 0.167. The van der Waals surface area contributed by atoms with Crippen LogP contribution in [0.4, 0.5) is 5.69 Å². The van der Waals surface area contributed by atoms with Crippen LogP contribution < -0.4 is 5.01 Å². The predicted molar refractivity (Wildman–Crippen MR) is 117 cm³/mol. The maximum absolute atomic E-state index is 13.0. The lowest BCUT2D eigenvalue weighted by atomic mass is 9.96. The van der Waals surface area contributed by atoms with Crippen molar-refractivity contribution < 1.29 is 4.79 Å². The monoisotopic (exact) mass is 395 g/mol. The zero-order chi connectivity index (χ0) is 20.0. The van der Waals surface area contributed by atoms with Crippen molar-refractivity contribution in [2.75, 3.05) is 44.8 Å². The second-order valence-electron chi connectivity index (χ2n) is 9.26. The van der Waals surface area contributed by atoms with E-state index >= 15 is 0 Å². The molecular weight excluding hydrogens is 362 g/mol. The van der Waals surface area contributed by atoms with Crippen molar-refractivity contribution in [1.29, 1.82) is 0 Å². The van der Waals surface area contributed by atoms with Crippen LogP contribution in [0, 0.1) is 0 Å². The minimum atomic E-state index is 0.167. The van der Waals surface area contributed by atoms with Gasteiger partial charge in [0.05, 0.1) is 5.69 Å². The van der Waals surface area contributed by atoms with Gasteiger partial charge < -0.3 is 9.80 Å². The average molecular weight is 396 g/mol. The summed E-state index contributed by atoms with van der Waals surface area (Å²) >= 11 is 0. The Bertz CT molecular complexity index is 769. The standard InChI is InChI=1S/C23H33N5O/c1-17-9-10-28(24-17)19-5-3-18(4-6-19)23(29)27-13-11-26(12-14-27)22-15-20-7-8-21(16-22)25(20)2/h3-6,20-22H,7-16H2,1-2H3. The van der Waals surface area contributed by atoms with E-state index in [0.29, 0.717) is 6.04 Å². The summed E-state index contributed by atoms with van der Waals surface area (Å²) in [6.07, 6.45) is 6.37. The molecule has 1 aromatic carbocycles. The number of benzene rings is 1. The summed E-state index contributed by atoms with van der Waals surface area (Å²) in [7, 11) is 2.30. The summed E-state index contributed by atoms with van der Waals surface area (Å²) in [5.74, 6) is 0.167. The number of rotatable bonds is 3. The van der Waals surface area contributed by atoms with Gasteiger partial charge in [-0.25, -0.2) is 0 Å². The third kappa shape index (κ3) is 3.68. The SMILES string of the molecule is CC1=NN(c2ccc(C(=O)N3CCN(C4CC5CCC(C4)N5C)CC3)cc2)CC1. The number of anilines is 1. The Morgan fingerprint density at radius 1 is 0.931 bits per heavy atom. The van der Waals surface area contributed by atoms with Gasteiger partial charge in [-0.3, -0.25) is 14.7 Å². The first-order valence-electron chi connectivity index (χ1n) is 11.3. The van der Waals surface area contributed by atoms with Crippen molar-refractivity contribution in [2.45, 2.75) is 57.2 Å². The molecular formula is C23H33N5O. The molecule has 0 N–H and O–H groups in total. The molecule has 3 saturated heterocycles. The molecule has 5 rings (SSSR count). The molecule has 0 radical (unpaired) electrons. The number of amides is 1. The molecule has 6 nitrogen and oxygen atoms in total. The smallest absolute Gasteiger partial charge is 0.253 e. The molecule has 4 aliphatic heterocycles. The number of piperazine rings is 1. The first-order valence-corrected chi connectivity index (χ1v) is 11.3. The number of hydrazone groups is 1. The fourth-order valence-corrected chi connectivity index (χ4v) is 5.69. The van der Waals surface area contributed by atoms with Gasteiger partial charge in [0.25, 0.3) is 5.91 Å². The number of carbonyl (C=O) groups excluding carboxylic acids is 1. The molecule has 2 bridgehead atoms. The van der Waals surface area contributed by atoms with E-state index in [2.05, 4.69) is 28.9 Å². The van der Waals surface area contributed by atoms with Gasteiger partial charge in [-0.2, -0.15) is 5.10 Å². The third-order valence-corrected chi connectivity index (χ3v) is 7.58. The summed E-state index contributed by atoms with van der Waals surface area (Å²) in [5.41, 5.74) is 3.03. The van der Waals surface area contributed by atoms with Crippen LogP contribution in [-0.4, -0.2) is 84.2 Å². The normalized spacial score (nSPS) is 30.7. The Morgan fingerprint density at radius 2 is 1.59 bits per heavy atom. The van der Waals surface area contributed by atoms with E-state index in [1.54, 1.807) is 0 Å². The lowest BCUT2D eigenvalue weighted by Crippen LogP contribution is -2.55. The van der Waals surface area contributed by atoms with Crippen LogP contribution in [0.25, 0.3) is 0 Å². The van der Waals surface area contributed by atoms with E-state index in [4.69, 9.17) is 0 Å². The summed E-state index contributed by atoms with van der Waals surface area (Å²) in [6, 6.07) is 10.2. The Kier molecular flexibility index (Phi) is 5.08. The largest absolute Gasteiger partial charge is 0.336 e. The van der Waals surface area contributed by atoms with Crippen LogP contribution >= 0.6 is 0 Å². The van der Waals surface area contributed by atoms with Crippen LogP contribution in [0.3, 0.4) is 0 Å². The number of nitrogens with zero attached hydrogens (tertiary/aromatic N) is 5. The Labute approximate surface area is 174 Å². The second-order valence-corrected chi connectivity index (χ2v) is 9.26. The van der Waals surface area contributed by atoms with E-state index < -0.39 is 0 Å². The molecule has 3 fully saturated rings. The molecule has 4 aliphatic rings. The van der Waals surface area contributed by atoms with Gasteiger partial charge in [-0.05, 0) is 63.9 Å². The van der Waals surface area contributed by atoms with E-state index in [0.717, 1.165) is 62.5 Å². The van der Waals surface area contributed by atoms with Gasteiger partial charge in [0.2, 0.25) is 0 Å². The summed E-state index contributed by atoms with van der Waals surface area (Å²) in [6.45, 7) is 6.71. The number of carbonyl (C=O) groups is 1. The third-order valence-electron chi connectivity index (χ3n) is 7.58. The molecule has 0 aromatic heterocycles. The van der Waals surface area contributed by atoms with Crippen molar-refractivity contribution in [2.24, 2.45) is 5.10 Å². The molecule has 1 amide bonds. The zero-order valence-corrected chi connectivity index (χ0v) is 17.8. The molecule has 2 unspecified atom stereocenters. The fraction of sp³-hybridized carbons (Fsp3) is 0.652.